The third-order valence-corrected chi connectivity index (χ3v) is 5.75. The summed E-state index contributed by atoms with van der Waals surface area (Å²) in [4.78, 5) is 28.3. The molecule has 3 heterocycles. The minimum atomic E-state index is -0.685. The van der Waals surface area contributed by atoms with Gasteiger partial charge in [-0.25, -0.2) is 4.79 Å². The Morgan fingerprint density at radius 1 is 1.20 bits per heavy atom. The van der Waals surface area contributed by atoms with E-state index >= 15 is 0 Å². The molecular formula is C14H13NO3S2. The number of rotatable bonds is 2. The highest BCUT2D eigenvalue weighted by atomic mass is 32.2. The van der Waals surface area contributed by atoms with Crippen LogP contribution in [-0.2, 0) is 20.7 Å². The summed E-state index contributed by atoms with van der Waals surface area (Å²) in [6, 6.07) is 3.66. The van der Waals surface area contributed by atoms with Gasteiger partial charge in [-0.3, -0.25) is 9.78 Å². The van der Waals surface area contributed by atoms with E-state index in [1.165, 1.54) is 0 Å². The molecule has 0 radical (unpaired) electrons. The number of aromatic nitrogens is 1. The van der Waals surface area contributed by atoms with Crippen LogP contribution in [0, 0.1) is 0 Å². The zero-order valence-corrected chi connectivity index (χ0v) is 12.3. The van der Waals surface area contributed by atoms with Gasteiger partial charge < -0.3 is 4.74 Å². The summed E-state index contributed by atoms with van der Waals surface area (Å²) in [7, 11) is 0. The Hall–Kier alpha value is -1.27. The Balaban J connectivity index is 1.80. The van der Waals surface area contributed by atoms with E-state index in [0.717, 1.165) is 27.7 Å². The highest BCUT2D eigenvalue weighted by Crippen LogP contribution is 2.39. The van der Waals surface area contributed by atoms with Crippen molar-refractivity contribution in [3.05, 3.63) is 39.9 Å². The van der Waals surface area contributed by atoms with E-state index < -0.39 is 12.1 Å². The molecule has 2 aliphatic heterocycles. The summed E-state index contributed by atoms with van der Waals surface area (Å²) in [6.45, 7) is 0. The molecule has 0 saturated carbocycles. The van der Waals surface area contributed by atoms with Gasteiger partial charge in [0.25, 0.3) is 0 Å². The molecule has 2 fully saturated rings. The van der Waals surface area contributed by atoms with Crippen molar-refractivity contribution in [2.45, 2.75) is 18.9 Å². The first-order valence-electron chi connectivity index (χ1n) is 6.39. The molecule has 0 aromatic carbocycles. The zero-order chi connectivity index (χ0) is 13.9. The number of thioether (sulfide) groups is 2. The number of esters is 1. The number of hydrogen-bond donors (Lipinski definition) is 0. The monoisotopic (exact) mass is 307 g/mol. The molecule has 0 spiro atoms. The van der Waals surface area contributed by atoms with Crippen LogP contribution < -0.4 is 0 Å². The molecule has 0 bridgehead atoms. The van der Waals surface area contributed by atoms with Gasteiger partial charge in [-0.2, -0.15) is 0 Å². The molecule has 0 aliphatic carbocycles. The summed E-state index contributed by atoms with van der Waals surface area (Å²) in [6.07, 6.45) is 4.18. The molecule has 1 aromatic heterocycles. The van der Waals surface area contributed by atoms with Gasteiger partial charge in [-0.15, -0.1) is 23.5 Å². The predicted molar refractivity (Wildman–Crippen MR) is 79.4 cm³/mol. The highest BCUT2D eigenvalue weighted by Gasteiger charge is 2.41. The molecule has 1 atom stereocenters. The Morgan fingerprint density at radius 3 is 2.60 bits per heavy atom. The molecule has 0 amide bonds. The van der Waals surface area contributed by atoms with Crippen molar-refractivity contribution in [3.63, 3.8) is 0 Å². The van der Waals surface area contributed by atoms with Gasteiger partial charge in [0, 0.05) is 18.8 Å². The molecule has 1 aromatic rings. The molecule has 20 heavy (non-hydrogen) atoms. The van der Waals surface area contributed by atoms with E-state index in [9.17, 15) is 9.59 Å². The van der Waals surface area contributed by atoms with Crippen molar-refractivity contribution >= 4 is 35.3 Å². The van der Waals surface area contributed by atoms with Gasteiger partial charge in [0.2, 0.25) is 5.78 Å². The molecule has 2 saturated heterocycles. The first kappa shape index (κ1) is 13.7. The molecule has 104 valence electrons. The molecule has 2 aliphatic rings. The maximum absolute atomic E-state index is 12.4. The fraction of sp³-hybridized carbons (Fsp3) is 0.357. The fourth-order valence-corrected chi connectivity index (χ4v) is 4.75. The summed E-state index contributed by atoms with van der Waals surface area (Å²) in [5.74, 6) is 1.28. The second-order valence-corrected chi connectivity index (χ2v) is 7.00. The van der Waals surface area contributed by atoms with Crippen LogP contribution in [-0.4, -0.2) is 34.3 Å². The van der Waals surface area contributed by atoms with Crippen molar-refractivity contribution < 1.29 is 14.3 Å². The standard InChI is InChI=1S/C14H13NO3S2/c16-12-10(8-9-2-4-15-5-3-9)18-13(17)11(12)14-19-6-1-7-20-14/h2-5,10H,1,6-8H2. The Morgan fingerprint density at radius 2 is 1.90 bits per heavy atom. The predicted octanol–water partition coefficient (Wildman–Crippen LogP) is 2.20. The summed E-state index contributed by atoms with van der Waals surface area (Å²) in [5, 5.41) is 0. The van der Waals surface area contributed by atoms with E-state index in [-0.39, 0.29) is 11.4 Å². The lowest BCUT2D eigenvalue weighted by Crippen LogP contribution is -2.19. The van der Waals surface area contributed by atoms with Crippen molar-refractivity contribution in [1.82, 2.24) is 4.98 Å². The van der Waals surface area contributed by atoms with Crippen LogP contribution in [0.15, 0.2) is 34.3 Å². The van der Waals surface area contributed by atoms with Gasteiger partial charge in [0.1, 0.15) is 5.57 Å². The van der Waals surface area contributed by atoms with Gasteiger partial charge in [-0.05, 0) is 35.6 Å². The average molecular weight is 307 g/mol. The number of carbonyl (C=O) groups excluding carboxylic acids is 2. The summed E-state index contributed by atoms with van der Waals surface area (Å²) < 4.78 is 6.09. The van der Waals surface area contributed by atoms with E-state index in [2.05, 4.69) is 4.98 Å². The first-order valence-corrected chi connectivity index (χ1v) is 8.37. The van der Waals surface area contributed by atoms with Crippen molar-refractivity contribution in [2.75, 3.05) is 11.5 Å². The molecule has 3 rings (SSSR count). The largest absolute Gasteiger partial charge is 0.450 e. The van der Waals surface area contributed by atoms with Crippen molar-refractivity contribution in [1.29, 1.82) is 0 Å². The van der Waals surface area contributed by atoms with Gasteiger partial charge >= 0.3 is 5.97 Å². The van der Waals surface area contributed by atoms with E-state index in [4.69, 9.17) is 4.74 Å². The number of hydrogen-bond acceptors (Lipinski definition) is 6. The quantitative estimate of drug-likeness (QED) is 0.474. The maximum atomic E-state index is 12.4. The van der Waals surface area contributed by atoms with E-state index in [1.54, 1.807) is 35.9 Å². The number of Topliss-reactive ketones (excluding diaryl/α,β-unsaturated/α-hetero) is 1. The second-order valence-electron chi connectivity index (χ2n) is 4.53. The van der Waals surface area contributed by atoms with Crippen LogP contribution in [0.1, 0.15) is 12.0 Å². The minimum absolute atomic E-state index is 0.177. The van der Waals surface area contributed by atoms with E-state index in [1.807, 2.05) is 12.1 Å². The van der Waals surface area contributed by atoms with Crippen molar-refractivity contribution in [3.8, 4) is 0 Å². The number of carbonyl (C=O) groups is 2. The van der Waals surface area contributed by atoms with Crippen LogP contribution in [0.3, 0.4) is 0 Å². The maximum Gasteiger partial charge on any atom is 0.344 e. The van der Waals surface area contributed by atoms with Gasteiger partial charge in [0.05, 0.1) is 4.24 Å². The lowest BCUT2D eigenvalue weighted by molar-refractivity contribution is -0.140. The topological polar surface area (TPSA) is 56.3 Å². The molecule has 4 nitrogen and oxygen atoms in total. The smallest absolute Gasteiger partial charge is 0.344 e. The van der Waals surface area contributed by atoms with Crippen LogP contribution in [0.5, 0.6) is 0 Å². The van der Waals surface area contributed by atoms with Crippen LogP contribution in [0.25, 0.3) is 0 Å². The average Bonchev–Trinajstić information content (AvgIpc) is 2.75. The lowest BCUT2D eigenvalue weighted by Gasteiger charge is -2.13. The lowest BCUT2D eigenvalue weighted by atomic mass is 10.0. The van der Waals surface area contributed by atoms with E-state index in [0.29, 0.717) is 6.42 Å². The number of ketones is 1. The third-order valence-electron chi connectivity index (χ3n) is 3.12. The van der Waals surface area contributed by atoms with Crippen LogP contribution in [0.2, 0.25) is 0 Å². The number of ether oxygens (including phenoxy) is 1. The Bertz CT molecular complexity index is 563. The number of nitrogens with zero attached hydrogens (tertiary/aromatic N) is 1. The highest BCUT2D eigenvalue weighted by molar-refractivity contribution is 8.22. The number of cyclic esters (lactones) is 1. The summed E-state index contributed by atoms with van der Waals surface area (Å²) >= 11 is 3.17. The van der Waals surface area contributed by atoms with Crippen molar-refractivity contribution in [2.24, 2.45) is 0 Å². The van der Waals surface area contributed by atoms with Gasteiger partial charge in [-0.1, -0.05) is 0 Å². The zero-order valence-electron chi connectivity index (χ0n) is 10.7. The summed E-state index contributed by atoms with van der Waals surface area (Å²) in [5.41, 5.74) is 1.21. The normalized spacial score (nSPS) is 23.1. The van der Waals surface area contributed by atoms with Crippen LogP contribution >= 0.6 is 23.5 Å². The minimum Gasteiger partial charge on any atom is -0.450 e. The second kappa shape index (κ2) is 6.01. The fourth-order valence-electron chi connectivity index (χ4n) is 2.13. The molecule has 0 N–H and O–H groups in total. The van der Waals surface area contributed by atoms with Crippen LogP contribution in [0.4, 0.5) is 0 Å². The molecule has 1 unspecified atom stereocenters. The molecule has 6 heteroatoms. The SMILES string of the molecule is O=C1OC(Cc2ccncc2)C(=O)C1=C1SCCCS1. The first-order chi connectivity index (χ1) is 9.75. The Kier molecular flexibility index (Phi) is 4.12. The third kappa shape index (κ3) is 2.76. The molecular weight excluding hydrogens is 294 g/mol. The Labute approximate surface area is 125 Å². The van der Waals surface area contributed by atoms with Gasteiger partial charge in [0.15, 0.2) is 6.10 Å². The number of pyridine rings is 1.